The fraction of sp³-hybridized carbons (Fsp3) is 0.348. The van der Waals surface area contributed by atoms with E-state index >= 15 is 0 Å². The highest BCUT2D eigenvalue weighted by Gasteiger charge is 2.16. The Bertz CT molecular complexity index is 892. The molecule has 4 rings (SSSR count). The van der Waals surface area contributed by atoms with Crippen LogP contribution in [-0.4, -0.2) is 29.0 Å². The average molecular weight is 361 g/mol. The number of aromatic nitrogens is 2. The van der Waals surface area contributed by atoms with Crippen LogP contribution in [0.25, 0.3) is 16.9 Å². The number of benzene rings is 2. The maximum Gasteiger partial charge on any atom is 0.0972 e. The monoisotopic (exact) mass is 361 g/mol. The molecule has 0 radical (unpaired) electrons. The van der Waals surface area contributed by atoms with Gasteiger partial charge in [0.1, 0.15) is 0 Å². The van der Waals surface area contributed by atoms with Crippen LogP contribution in [0.5, 0.6) is 0 Å². The zero-order chi connectivity index (χ0) is 18.6. The highest BCUT2D eigenvalue weighted by molar-refractivity contribution is 5.64. The first-order chi connectivity index (χ1) is 13.2. The molecule has 27 heavy (non-hydrogen) atoms. The summed E-state index contributed by atoms with van der Waals surface area (Å²) in [6, 6.07) is 17.0. The molecule has 1 fully saturated rings. The van der Waals surface area contributed by atoms with Gasteiger partial charge in [-0.15, -0.1) is 0 Å². The molecule has 0 amide bonds. The van der Waals surface area contributed by atoms with Gasteiger partial charge >= 0.3 is 0 Å². The number of aryl methyl sites for hydroxylation is 2. The van der Waals surface area contributed by atoms with Crippen molar-refractivity contribution in [3.8, 4) is 16.9 Å². The minimum absolute atomic E-state index is 0.347. The van der Waals surface area contributed by atoms with E-state index in [0.29, 0.717) is 6.10 Å². The minimum atomic E-state index is 0.347. The maximum absolute atomic E-state index is 5.72. The van der Waals surface area contributed by atoms with E-state index in [1.54, 1.807) is 0 Å². The molecule has 0 spiro atoms. The summed E-state index contributed by atoms with van der Waals surface area (Å²) in [7, 11) is 0. The van der Waals surface area contributed by atoms with Crippen molar-refractivity contribution in [3.05, 3.63) is 71.4 Å². The van der Waals surface area contributed by atoms with Crippen LogP contribution in [0.2, 0.25) is 0 Å². The van der Waals surface area contributed by atoms with E-state index in [0.717, 1.165) is 43.1 Å². The first-order valence-corrected chi connectivity index (χ1v) is 9.74. The Hall–Kier alpha value is -2.43. The lowest BCUT2D eigenvalue weighted by Crippen LogP contribution is -2.25. The Labute approximate surface area is 161 Å². The summed E-state index contributed by atoms with van der Waals surface area (Å²) < 4.78 is 7.71. The van der Waals surface area contributed by atoms with Gasteiger partial charge in [-0.3, -0.25) is 0 Å². The zero-order valence-corrected chi connectivity index (χ0v) is 16.1. The summed E-state index contributed by atoms with van der Waals surface area (Å²) in [4.78, 5) is 0. The van der Waals surface area contributed by atoms with Gasteiger partial charge in [0.25, 0.3) is 0 Å². The lowest BCUT2D eigenvalue weighted by atomic mass is 10.1. The summed E-state index contributed by atoms with van der Waals surface area (Å²) in [6.07, 6.45) is 4.82. The molecule has 3 aromatic rings. The van der Waals surface area contributed by atoms with Gasteiger partial charge in [0.05, 0.1) is 17.5 Å². The van der Waals surface area contributed by atoms with E-state index in [1.807, 2.05) is 4.68 Å². The van der Waals surface area contributed by atoms with Gasteiger partial charge in [-0.2, -0.15) is 5.10 Å². The van der Waals surface area contributed by atoms with Crippen molar-refractivity contribution in [2.75, 3.05) is 13.2 Å². The van der Waals surface area contributed by atoms with Crippen LogP contribution in [0.1, 0.15) is 29.5 Å². The second-order valence-corrected chi connectivity index (χ2v) is 7.42. The van der Waals surface area contributed by atoms with Crippen molar-refractivity contribution in [2.24, 2.45) is 0 Å². The third kappa shape index (κ3) is 4.29. The quantitative estimate of drug-likeness (QED) is 0.706. The number of nitrogens with zero attached hydrogens (tertiary/aromatic N) is 2. The molecule has 4 heteroatoms. The van der Waals surface area contributed by atoms with Crippen LogP contribution in [0.4, 0.5) is 0 Å². The van der Waals surface area contributed by atoms with E-state index in [-0.39, 0.29) is 0 Å². The number of ether oxygens (including phenoxy) is 1. The molecule has 1 saturated heterocycles. The van der Waals surface area contributed by atoms with Crippen molar-refractivity contribution in [1.82, 2.24) is 15.1 Å². The van der Waals surface area contributed by atoms with Gasteiger partial charge in [0, 0.05) is 37.0 Å². The number of rotatable bonds is 6. The molecule has 0 bridgehead atoms. The van der Waals surface area contributed by atoms with E-state index in [4.69, 9.17) is 9.84 Å². The summed E-state index contributed by atoms with van der Waals surface area (Å²) in [6.45, 7) is 6.80. The molecule has 1 aliphatic rings. The van der Waals surface area contributed by atoms with Crippen LogP contribution in [0, 0.1) is 13.8 Å². The molecule has 2 heterocycles. The second-order valence-electron chi connectivity index (χ2n) is 7.42. The first kappa shape index (κ1) is 18.0. The van der Waals surface area contributed by atoms with Crippen LogP contribution in [0.15, 0.2) is 54.7 Å². The molecular formula is C23H27N3O. The van der Waals surface area contributed by atoms with Gasteiger partial charge < -0.3 is 10.1 Å². The average Bonchev–Trinajstić information content (AvgIpc) is 3.32. The van der Waals surface area contributed by atoms with Gasteiger partial charge in [0.2, 0.25) is 0 Å². The molecule has 140 valence electrons. The highest BCUT2D eigenvalue weighted by atomic mass is 16.5. The molecule has 1 atom stereocenters. The minimum Gasteiger partial charge on any atom is -0.377 e. The largest absolute Gasteiger partial charge is 0.377 e. The third-order valence-electron chi connectivity index (χ3n) is 5.09. The second kappa shape index (κ2) is 8.07. The van der Waals surface area contributed by atoms with Crippen LogP contribution in [-0.2, 0) is 11.3 Å². The van der Waals surface area contributed by atoms with Crippen LogP contribution in [0.3, 0.4) is 0 Å². The van der Waals surface area contributed by atoms with E-state index in [1.165, 1.54) is 23.1 Å². The van der Waals surface area contributed by atoms with Crippen molar-refractivity contribution in [2.45, 2.75) is 39.3 Å². The fourth-order valence-electron chi connectivity index (χ4n) is 3.58. The fourth-order valence-corrected chi connectivity index (χ4v) is 3.58. The SMILES string of the molecule is Cc1ccc(-n2cc(CNC[C@@H]3CCCO3)c(-c3cccc(C)c3)n2)cc1. The normalized spacial score (nSPS) is 16.7. The smallest absolute Gasteiger partial charge is 0.0972 e. The third-order valence-corrected chi connectivity index (χ3v) is 5.09. The Morgan fingerprint density at radius 2 is 1.96 bits per heavy atom. The lowest BCUT2D eigenvalue weighted by molar-refractivity contribution is 0.110. The summed E-state index contributed by atoms with van der Waals surface area (Å²) in [5, 5.41) is 8.48. The van der Waals surface area contributed by atoms with Crippen LogP contribution < -0.4 is 5.32 Å². The summed E-state index contributed by atoms with van der Waals surface area (Å²) in [5.74, 6) is 0. The molecule has 1 aliphatic heterocycles. The van der Waals surface area contributed by atoms with E-state index < -0.39 is 0 Å². The summed E-state index contributed by atoms with van der Waals surface area (Å²) >= 11 is 0. The molecule has 4 nitrogen and oxygen atoms in total. The predicted molar refractivity (Wildman–Crippen MR) is 109 cm³/mol. The first-order valence-electron chi connectivity index (χ1n) is 9.74. The molecule has 2 aromatic carbocycles. The number of hydrogen-bond acceptors (Lipinski definition) is 3. The van der Waals surface area contributed by atoms with Crippen molar-refractivity contribution >= 4 is 0 Å². The topological polar surface area (TPSA) is 39.1 Å². The van der Waals surface area contributed by atoms with Crippen molar-refractivity contribution in [3.63, 3.8) is 0 Å². The predicted octanol–water partition coefficient (Wildman–Crippen LogP) is 4.42. The molecule has 0 aliphatic carbocycles. The van der Waals surface area contributed by atoms with Crippen molar-refractivity contribution in [1.29, 1.82) is 0 Å². The van der Waals surface area contributed by atoms with Gasteiger partial charge in [0.15, 0.2) is 0 Å². The summed E-state index contributed by atoms with van der Waals surface area (Å²) in [5.41, 5.74) is 6.99. The van der Waals surface area contributed by atoms with E-state index in [9.17, 15) is 0 Å². The van der Waals surface area contributed by atoms with Crippen LogP contribution >= 0.6 is 0 Å². The van der Waals surface area contributed by atoms with Gasteiger partial charge in [-0.25, -0.2) is 4.68 Å². The molecular weight excluding hydrogens is 334 g/mol. The maximum atomic E-state index is 5.72. The number of hydrogen-bond donors (Lipinski definition) is 1. The number of nitrogens with one attached hydrogen (secondary N) is 1. The molecule has 1 aromatic heterocycles. The molecule has 0 unspecified atom stereocenters. The molecule has 0 saturated carbocycles. The Kier molecular flexibility index (Phi) is 5.37. The Morgan fingerprint density at radius 3 is 2.70 bits per heavy atom. The lowest BCUT2D eigenvalue weighted by Gasteiger charge is -2.10. The standard InChI is InChI=1S/C23H27N3O/c1-17-8-10-21(11-9-17)26-16-20(14-24-15-22-7-4-12-27-22)23(25-26)19-6-3-5-18(2)13-19/h3,5-6,8-11,13,16,22,24H,4,7,12,14-15H2,1-2H3/t22-/m0/s1. The Balaban J connectivity index is 1.61. The molecule has 1 N–H and O–H groups in total. The Morgan fingerprint density at radius 1 is 1.11 bits per heavy atom. The van der Waals surface area contributed by atoms with Gasteiger partial charge in [-0.05, 0) is 44.9 Å². The van der Waals surface area contributed by atoms with Crippen molar-refractivity contribution < 1.29 is 4.74 Å². The van der Waals surface area contributed by atoms with E-state index in [2.05, 4.69) is 73.9 Å². The highest BCUT2D eigenvalue weighted by Crippen LogP contribution is 2.25. The zero-order valence-electron chi connectivity index (χ0n) is 16.1. The van der Waals surface area contributed by atoms with Gasteiger partial charge in [-0.1, -0.05) is 41.5 Å².